The molecule has 0 aliphatic carbocycles. The van der Waals surface area contributed by atoms with Crippen LogP contribution in [0.25, 0.3) is 0 Å². The maximum absolute atomic E-state index is 13.0. The molecule has 1 N–H and O–H groups in total. The Morgan fingerprint density at radius 3 is 2.27 bits per heavy atom. The van der Waals surface area contributed by atoms with Gasteiger partial charge >= 0.3 is 0 Å². The smallest absolute Gasteiger partial charge is 0.243 e. The number of aryl methyl sites for hydroxylation is 1. The summed E-state index contributed by atoms with van der Waals surface area (Å²) in [6.07, 6.45) is 0. The molecule has 1 aromatic rings. The lowest BCUT2D eigenvalue weighted by atomic mass is 9.87. The highest BCUT2D eigenvalue weighted by Crippen LogP contribution is 2.28. The van der Waals surface area contributed by atoms with E-state index in [4.69, 9.17) is 0 Å². The molecule has 0 saturated carbocycles. The quantitative estimate of drug-likeness (QED) is 0.907. The van der Waals surface area contributed by atoms with Crippen LogP contribution in [0.1, 0.15) is 38.8 Å². The van der Waals surface area contributed by atoms with Crippen molar-refractivity contribution in [2.75, 3.05) is 32.7 Å². The van der Waals surface area contributed by atoms with Crippen molar-refractivity contribution >= 4 is 10.0 Å². The van der Waals surface area contributed by atoms with Crippen LogP contribution in [0.5, 0.6) is 0 Å². The first-order valence-electron chi connectivity index (χ1n) is 8.11. The third-order valence-corrected chi connectivity index (χ3v) is 6.64. The van der Waals surface area contributed by atoms with Crippen molar-refractivity contribution in [3.05, 3.63) is 29.3 Å². The minimum Gasteiger partial charge on any atom is -0.333 e. The fourth-order valence-corrected chi connectivity index (χ4v) is 4.57. The Morgan fingerprint density at radius 1 is 1.18 bits per heavy atom. The number of nitrogens with zero attached hydrogens (tertiary/aromatic N) is 1. The van der Waals surface area contributed by atoms with Crippen LogP contribution in [0, 0.1) is 6.92 Å². The van der Waals surface area contributed by atoms with Gasteiger partial charge in [0.15, 0.2) is 0 Å². The van der Waals surface area contributed by atoms with E-state index in [0.29, 0.717) is 18.0 Å². The Labute approximate surface area is 135 Å². The van der Waals surface area contributed by atoms with Crippen molar-refractivity contribution in [1.82, 2.24) is 4.31 Å². The molecule has 1 aliphatic heterocycles. The molecule has 0 bridgehead atoms. The van der Waals surface area contributed by atoms with Crippen LogP contribution in [0.15, 0.2) is 23.1 Å². The Hall–Kier alpha value is -0.910. The first-order chi connectivity index (χ1) is 10.2. The first kappa shape index (κ1) is 17.4. The van der Waals surface area contributed by atoms with Gasteiger partial charge in [-0.2, -0.15) is 4.31 Å². The zero-order chi connectivity index (χ0) is 16.5. The summed E-state index contributed by atoms with van der Waals surface area (Å²) in [7, 11) is -3.39. The fourth-order valence-electron chi connectivity index (χ4n) is 2.88. The zero-order valence-electron chi connectivity index (χ0n) is 14.4. The normalized spacial score (nSPS) is 18.6. The molecule has 0 radical (unpaired) electrons. The summed E-state index contributed by atoms with van der Waals surface area (Å²) >= 11 is 0. The largest absolute Gasteiger partial charge is 0.333 e. The lowest BCUT2D eigenvalue weighted by molar-refractivity contribution is -0.901. The van der Waals surface area contributed by atoms with Crippen LogP contribution in [0.4, 0.5) is 0 Å². The predicted octanol–water partition coefficient (Wildman–Crippen LogP) is 1.20. The average Bonchev–Trinajstić information content (AvgIpc) is 2.46. The molecule has 5 heteroatoms. The van der Waals surface area contributed by atoms with Gasteiger partial charge in [0.25, 0.3) is 0 Å². The minimum atomic E-state index is -3.39. The molecule has 1 heterocycles. The molecule has 0 atom stereocenters. The summed E-state index contributed by atoms with van der Waals surface area (Å²) in [6.45, 7) is 14.4. The summed E-state index contributed by atoms with van der Waals surface area (Å²) in [5, 5.41) is 0. The highest BCUT2D eigenvalue weighted by atomic mass is 32.2. The average molecular weight is 325 g/mol. The van der Waals surface area contributed by atoms with Crippen molar-refractivity contribution in [1.29, 1.82) is 0 Å². The number of hydrogen-bond donors (Lipinski definition) is 1. The number of benzene rings is 1. The Morgan fingerprint density at radius 2 is 1.77 bits per heavy atom. The fraction of sp³-hybridized carbons (Fsp3) is 0.647. The van der Waals surface area contributed by atoms with Crippen molar-refractivity contribution in [3.8, 4) is 0 Å². The standard InChI is InChI=1S/C17H28N2O2S/c1-6-18-9-11-19(12-10-18)22(20,21)16-13-15(17(3,4)5)8-7-14(16)2/h7-8,13H,6,9-12H2,1-5H3/p+1. The van der Waals surface area contributed by atoms with E-state index in [9.17, 15) is 8.42 Å². The molecule has 1 saturated heterocycles. The molecule has 1 aliphatic rings. The van der Waals surface area contributed by atoms with Crippen molar-refractivity contribution in [2.45, 2.75) is 44.9 Å². The highest BCUT2D eigenvalue weighted by Gasteiger charge is 2.31. The van der Waals surface area contributed by atoms with Crippen LogP contribution >= 0.6 is 0 Å². The van der Waals surface area contributed by atoms with Gasteiger partial charge in [-0.3, -0.25) is 0 Å². The van der Waals surface area contributed by atoms with Gasteiger partial charge in [0, 0.05) is 0 Å². The van der Waals surface area contributed by atoms with Gasteiger partial charge in [-0.05, 0) is 36.5 Å². The van der Waals surface area contributed by atoms with Crippen molar-refractivity contribution in [3.63, 3.8) is 0 Å². The van der Waals surface area contributed by atoms with Gasteiger partial charge in [-0.15, -0.1) is 0 Å². The summed E-state index contributed by atoms with van der Waals surface area (Å²) in [5.41, 5.74) is 1.84. The van der Waals surface area contributed by atoms with E-state index < -0.39 is 10.0 Å². The number of quaternary nitrogens is 1. The van der Waals surface area contributed by atoms with Crippen LogP contribution in [0.2, 0.25) is 0 Å². The van der Waals surface area contributed by atoms with E-state index in [1.807, 2.05) is 25.1 Å². The second-order valence-electron chi connectivity index (χ2n) is 7.24. The lowest BCUT2D eigenvalue weighted by Gasteiger charge is -2.31. The number of piperazine rings is 1. The van der Waals surface area contributed by atoms with E-state index in [1.165, 1.54) is 4.90 Å². The number of hydrogen-bond acceptors (Lipinski definition) is 2. The van der Waals surface area contributed by atoms with Crippen LogP contribution < -0.4 is 4.90 Å². The van der Waals surface area contributed by atoms with Gasteiger partial charge in [-0.1, -0.05) is 32.9 Å². The van der Waals surface area contributed by atoms with Gasteiger partial charge in [0.1, 0.15) is 0 Å². The molecule has 22 heavy (non-hydrogen) atoms. The molecule has 0 unspecified atom stereocenters. The van der Waals surface area contributed by atoms with E-state index >= 15 is 0 Å². The summed E-state index contributed by atoms with van der Waals surface area (Å²) in [6, 6.07) is 5.83. The van der Waals surface area contributed by atoms with Crippen LogP contribution in [-0.2, 0) is 15.4 Å². The van der Waals surface area contributed by atoms with Gasteiger partial charge in [0.05, 0.1) is 37.6 Å². The zero-order valence-corrected chi connectivity index (χ0v) is 15.3. The van der Waals surface area contributed by atoms with Gasteiger partial charge in [-0.25, -0.2) is 8.42 Å². The van der Waals surface area contributed by atoms with E-state index in [0.717, 1.165) is 30.8 Å². The number of rotatable bonds is 3. The topological polar surface area (TPSA) is 41.8 Å². The second-order valence-corrected chi connectivity index (χ2v) is 9.14. The Kier molecular flexibility index (Phi) is 5.00. The monoisotopic (exact) mass is 325 g/mol. The molecule has 1 fully saturated rings. The predicted molar refractivity (Wildman–Crippen MR) is 89.9 cm³/mol. The highest BCUT2D eigenvalue weighted by molar-refractivity contribution is 7.89. The van der Waals surface area contributed by atoms with E-state index in [1.54, 1.807) is 4.31 Å². The van der Waals surface area contributed by atoms with E-state index in [2.05, 4.69) is 27.7 Å². The molecule has 4 nitrogen and oxygen atoms in total. The van der Waals surface area contributed by atoms with Crippen molar-refractivity contribution < 1.29 is 13.3 Å². The summed E-state index contributed by atoms with van der Waals surface area (Å²) in [4.78, 5) is 1.95. The van der Waals surface area contributed by atoms with Gasteiger partial charge < -0.3 is 4.90 Å². The molecule has 2 rings (SSSR count). The van der Waals surface area contributed by atoms with Crippen LogP contribution in [-0.4, -0.2) is 45.4 Å². The Balaban J connectivity index is 2.34. The molecule has 1 aromatic carbocycles. The number of likely N-dealkylation sites (N-methyl/N-ethyl adjacent to an activating group) is 1. The minimum absolute atomic E-state index is 0.0526. The Bertz CT molecular complexity index is 625. The first-order valence-corrected chi connectivity index (χ1v) is 9.55. The molecule has 0 aromatic heterocycles. The lowest BCUT2D eigenvalue weighted by Crippen LogP contribution is -3.14. The molecule has 0 amide bonds. The molecule has 0 spiro atoms. The summed E-state index contributed by atoms with van der Waals surface area (Å²) in [5.74, 6) is 0. The van der Waals surface area contributed by atoms with Crippen molar-refractivity contribution in [2.24, 2.45) is 0 Å². The number of nitrogens with one attached hydrogen (secondary N) is 1. The maximum Gasteiger partial charge on any atom is 0.243 e. The van der Waals surface area contributed by atoms with Gasteiger partial charge in [0.2, 0.25) is 10.0 Å². The SMILES string of the molecule is CC[NH+]1CCN(S(=O)(=O)c2cc(C(C)(C)C)ccc2C)CC1. The van der Waals surface area contributed by atoms with E-state index in [-0.39, 0.29) is 5.41 Å². The summed E-state index contributed by atoms with van der Waals surface area (Å²) < 4.78 is 27.7. The maximum atomic E-state index is 13.0. The molecular weight excluding hydrogens is 296 g/mol. The van der Waals surface area contributed by atoms with Crippen LogP contribution in [0.3, 0.4) is 0 Å². The third-order valence-electron chi connectivity index (χ3n) is 4.60. The molecule has 124 valence electrons. The second kappa shape index (κ2) is 6.30. The third kappa shape index (κ3) is 3.53. The number of sulfonamides is 1. The molecular formula is C17H29N2O2S+.